The zero-order valence-corrected chi connectivity index (χ0v) is 15.0. The van der Waals surface area contributed by atoms with Crippen LogP contribution in [0.5, 0.6) is 5.75 Å². The van der Waals surface area contributed by atoms with Crippen LogP contribution >= 0.6 is 0 Å². The molecule has 2 aromatic rings. The van der Waals surface area contributed by atoms with Crippen molar-refractivity contribution in [1.29, 1.82) is 0 Å². The molecule has 0 heterocycles. The Bertz CT molecular complexity index is 924. The molecule has 1 atom stereocenters. The number of alkyl halides is 3. The lowest BCUT2D eigenvalue weighted by atomic mass is 9.97. The molecule has 0 aliphatic heterocycles. The summed E-state index contributed by atoms with van der Waals surface area (Å²) >= 11 is 0. The lowest BCUT2D eigenvalue weighted by Gasteiger charge is -2.19. The molecule has 1 unspecified atom stereocenters. The van der Waals surface area contributed by atoms with Gasteiger partial charge in [-0.25, -0.2) is 0 Å². The normalized spacial score (nSPS) is 15.8. The van der Waals surface area contributed by atoms with Gasteiger partial charge >= 0.3 is 18.1 Å². The molecule has 8 heteroatoms. The van der Waals surface area contributed by atoms with Gasteiger partial charge in [-0.05, 0) is 46.4 Å². The van der Waals surface area contributed by atoms with E-state index in [0.717, 1.165) is 22.3 Å². The van der Waals surface area contributed by atoms with Crippen molar-refractivity contribution in [3.63, 3.8) is 0 Å². The Balaban J connectivity index is 1.93. The van der Waals surface area contributed by atoms with E-state index >= 15 is 0 Å². The summed E-state index contributed by atoms with van der Waals surface area (Å²) < 4.78 is 42.6. The first-order valence-corrected chi connectivity index (χ1v) is 8.58. The fraction of sp³-hybridized carbons (Fsp3) is 0.300. The molecular weight excluding hydrogens is 375 g/mol. The lowest BCUT2D eigenvalue weighted by Crippen LogP contribution is -2.36. The summed E-state index contributed by atoms with van der Waals surface area (Å²) in [6, 6.07) is 9.91. The van der Waals surface area contributed by atoms with Crippen LogP contribution in [0.3, 0.4) is 0 Å². The smallest absolute Gasteiger partial charge is 0.471 e. The molecule has 0 fully saturated rings. The number of rotatable bonds is 3. The summed E-state index contributed by atoms with van der Waals surface area (Å²) in [6.45, 7) is 1.03. The van der Waals surface area contributed by atoms with Gasteiger partial charge in [-0.3, -0.25) is 9.59 Å². The maximum Gasteiger partial charge on any atom is 0.471 e. The molecule has 28 heavy (non-hydrogen) atoms. The quantitative estimate of drug-likeness (QED) is 0.785. The van der Waals surface area contributed by atoms with Gasteiger partial charge in [-0.15, -0.1) is 0 Å². The van der Waals surface area contributed by atoms with E-state index in [4.69, 9.17) is 4.74 Å². The topological polar surface area (TPSA) is 75.6 Å². The van der Waals surface area contributed by atoms with Crippen molar-refractivity contribution in [1.82, 2.24) is 5.32 Å². The predicted octanol–water partition coefficient (Wildman–Crippen LogP) is 3.32. The summed E-state index contributed by atoms with van der Waals surface area (Å²) in [6.07, 6.45) is -4.65. The fourth-order valence-electron chi connectivity index (χ4n) is 3.32. The highest BCUT2D eigenvalue weighted by molar-refractivity contribution is 5.81. The maximum atomic E-state index is 12.4. The van der Waals surface area contributed by atoms with Crippen molar-refractivity contribution >= 4 is 11.9 Å². The molecule has 2 aromatic carbocycles. The van der Waals surface area contributed by atoms with Gasteiger partial charge < -0.3 is 15.2 Å². The Morgan fingerprint density at radius 3 is 2.57 bits per heavy atom. The van der Waals surface area contributed by atoms with Crippen LogP contribution in [0.25, 0.3) is 0 Å². The molecule has 0 saturated heterocycles. The standard InChI is InChI=1S/C20H18F3NO4/c1-11(25)28-18-9-13-3-4-16(26)8-14(13)7-15-6-12(2-5-17(15)18)10-24-19(27)20(21,22)23/h2-6,8,18,26H,7,9-10H2,1H3,(H,24,27). The third kappa shape index (κ3) is 4.44. The number of hydrogen-bond acceptors (Lipinski definition) is 4. The average Bonchev–Trinajstić information content (AvgIpc) is 2.74. The summed E-state index contributed by atoms with van der Waals surface area (Å²) in [5.74, 6) is -2.35. The number of aromatic hydroxyl groups is 1. The number of hydrogen-bond donors (Lipinski definition) is 2. The number of esters is 1. The van der Waals surface area contributed by atoms with Gasteiger partial charge in [0.25, 0.3) is 0 Å². The van der Waals surface area contributed by atoms with Crippen molar-refractivity contribution in [3.05, 3.63) is 64.2 Å². The summed E-state index contributed by atoms with van der Waals surface area (Å²) in [4.78, 5) is 22.6. The molecule has 2 N–H and O–H groups in total. The number of fused-ring (bicyclic) bond motifs is 2. The van der Waals surface area contributed by atoms with Gasteiger partial charge in [0.15, 0.2) is 0 Å². The average molecular weight is 393 g/mol. The van der Waals surface area contributed by atoms with Crippen molar-refractivity contribution in [2.45, 2.75) is 38.6 Å². The summed E-state index contributed by atoms with van der Waals surface area (Å²) in [5.41, 5.74) is 3.74. The van der Waals surface area contributed by atoms with Crippen LogP contribution in [-0.2, 0) is 33.7 Å². The number of phenols is 1. The number of ether oxygens (including phenoxy) is 1. The Kier molecular flexibility index (Phi) is 5.31. The summed E-state index contributed by atoms with van der Waals surface area (Å²) in [7, 11) is 0. The minimum Gasteiger partial charge on any atom is -0.508 e. The maximum absolute atomic E-state index is 12.4. The number of carbonyl (C=O) groups excluding carboxylic acids is 2. The molecule has 1 aliphatic carbocycles. The number of phenolic OH excluding ortho intramolecular Hbond substituents is 1. The van der Waals surface area contributed by atoms with Gasteiger partial charge in [-0.2, -0.15) is 13.2 Å². The minimum atomic E-state index is -4.94. The zero-order chi connectivity index (χ0) is 20.5. The van der Waals surface area contributed by atoms with E-state index in [1.807, 2.05) is 5.32 Å². The van der Waals surface area contributed by atoms with Gasteiger partial charge in [0.1, 0.15) is 11.9 Å². The van der Waals surface area contributed by atoms with E-state index in [-0.39, 0.29) is 12.3 Å². The van der Waals surface area contributed by atoms with Gasteiger partial charge in [0, 0.05) is 19.9 Å². The Labute approximate surface area is 159 Å². The Morgan fingerprint density at radius 2 is 1.89 bits per heavy atom. The third-order valence-corrected chi connectivity index (χ3v) is 4.55. The van der Waals surface area contributed by atoms with E-state index in [0.29, 0.717) is 18.4 Å². The van der Waals surface area contributed by atoms with Crippen molar-refractivity contribution in [3.8, 4) is 5.75 Å². The third-order valence-electron chi connectivity index (χ3n) is 4.55. The molecular formula is C20H18F3NO4. The van der Waals surface area contributed by atoms with Crippen molar-refractivity contribution in [2.24, 2.45) is 0 Å². The number of benzene rings is 2. The van der Waals surface area contributed by atoms with Gasteiger partial charge in [-0.1, -0.05) is 24.3 Å². The molecule has 0 bridgehead atoms. The highest BCUT2D eigenvalue weighted by atomic mass is 19.4. The number of carbonyl (C=O) groups is 2. The SMILES string of the molecule is CC(=O)OC1Cc2ccc(O)cc2Cc2cc(CNC(=O)C(F)(F)F)ccc21. The van der Waals surface area contributed by atoms with Gasteiger partial charge in [0.2, 0.25) is 0 Å². The van der Waals surface area contributed by atoms with Crippen LogP contribution in [0, 0.1) is 0 Å². The minimum absolute atomic E-state index is 0.0971. The Hall–Kier alpha value is -3.03. The van der Waals surface area contributed by atoms with Crippen LogP contribution in [0.2, 0.25) is 0 Å². The fourth-order valence-corrected chi connectivity index (χ4v) is 3.32. The van der Waals surface area contributed by atoms with E-state index in [2.05, 4.69) is 0 Å². The molecule has 148 valence electrons. The number of halogens is 3. The molecule has 3 rings (SSSR count). The largest absolute Gasteiger partial charge is 0.508 e. The second-order valence-corrected chi connectivity index (χ2v) is 6.65. The second kappa shape index (κ2) is 7.53. The van der Waals surface area contributed by atoms with E-state index in [1.165, 1.54) is 6.92 Å². The first kappa shape index (κ1) is 19.7. The molecule has 1 amide bonds. The van der Waals surface area contributed by atoms with Crippen LogP contribution < -0.4 is 5.32 Å². The van der Waals surface area contributed by atoms with Gasteiger partial charge in [0.05, 0.1) is 0 Å². The molecule has 0 saturated carbocycles. The molecule has 0 spiro atoms. The molecule has 0 radical (unpaired) electrons. The van der Waals surface area contributed by atoms with Crippen molar-refractivity contribution < 1.29 is 32.6 Å². The number of amides is 1. The van der Waals surface area contributed by atoms with Crippen molar-refractivity contribution in [2.75, 3.05) is 0 Å². The van der Waals surface area contributed by atoms with Crippen LogP contribution in [0.4, 0.5) is 13.2 Å². The van der Waals surface area contributed by atoms with Crippen LogP contribution in [0.15, 0.2) is 36.4 Å². The monoisotopic (exact) mass is 393 g/mol. The first-order valence-electron chi connectivity index (χ1n) is 8.58. The highest BCUT2D eigenvalue weighted by Crippen LogP contribution is 2.34. The first-order chi connectivity index (χ1) is 13.1. The second-order valence-electron chi connectivity index (χ2n) is 6.65. The van der Waals surface area contributed by atoms with Crippen LogP contribution in [0.1, 0.15) is 40.8 Å². The zero-order valence-electron chi connectivity index (χ0n) is 15.0. The van der Waals surface area contributed by atoms with E-state index in [1.54, 1.807) is 36.4 Å². The van der Waals surface area contributed by atoms with E-state index in [9.17, 15) is 27.9 Å². The summed E-state index contributed by atoms with van der Waals surface area (Å²) in [5, 5.41) is 11.6. The van der Waals surface area contributed by atoms with Crippen LogP contribution in [-0.4, -0.2) is 23.2 Å². The lowest BCUT2D eigenvalue weighted by molar-refractivity contribution is -0.173. The van der Waals surface area contributed by atoms with E-state index < -0.39 is 24.2 Å². The molecule has 0 aromatic heterocycles. The Morgan fingerprint density at radius 1 is 1.14 bits per heavy atom. The predicted molar refractivity (Wildman–Crippen MR) is 93.5 cm³/mol. The molecule has 1 aliphatic rings. The number of nitrogens with one attached hydrogen (secondary N) is 1. The molecule has 5 nitrogen and oxygen atoms in total. The highest BCUT2D eigenvalue weighted by Gasteiger charge is 2.38.